The molecule has 32 heteroatoms. The first-order valence-corrected chi connectivity index (χ1v) is 44.8. The zero-order chi connectivity index (χ0) is 95.3. The van der Waals surface area contributed by atoms with Gasteiger partial charge >= 0.3 is 47.8 Å². The van der Waals surface area contributed by atoms with E-state index in [9.17, 15) is 109 Å². The number of phenolic OH excluding ortho intramolecular Hbond substituents is 2. The van der Waals surface area contributed by atoms with E-state index in [1.54, 1.807) is 70.2 Å². The van der Waals surface area contributed by atoms with Crippen LogP contribution < -0.4 is 11.5 Å². The Kier molecular flexibility index (Phi) is 46.4. The molecule has 8 saturated carbocycles. The quantitative estimate of drug-likeness (QED) is 0.0143. The zero-order valence-electron chi connectivity index (χ0n) is 74.8. The third-order valence-electron chi connectivity index (χ3n) is 25.9. The van der Waals surface area contributed by atoms with Crippen molar-refractivity contribution >= 4 is 82.3 Å². The SMILES string of the molecule is CC(=O)C1C(O)CCC1CC(=O)O.CC(=O)C1C(O)CCC1CC(=O)O.CCOC(=O)CC1CCC(O)C1C(C)=O.CCOC(=O)CC1CCC(O)C1C(C)=O.CCOC(=O)CC1CCC(O)C1c1ccccc1N.CCOC(=O)CC1CCC(O)C1c1ccccc1O.Nc1ccccc1C1C(O)CCC1CC(=O)O.O=C(O)CC1CCC(O)C1c1ccccc1O. The molecule has 32 nitrogen and oxygen atoms in total. The number of ether oxygens (including phenoxy) is 4. The van der Waals surface area contributed by atoms with E-state index in [1.165, 1.54) is 27.7 Å². The number of benzene rings is 4. The van der Waals surface area contributed by atoms with Crippen molar-refractivity contribution in [1.29, 1.82) is 0 Å². The van der Waals surface area contributed by atoms with E-state index in [-0.39, 0.29) is 180 Å². The number of hydrogen-bond acceptors (Lipinski definition) is 28. The number of carbonyl (C=O) groups is 12. The summed E-state index contributed by atoms with van der Waals surface area (Å²) in [4.78, 5) is 133. The number of carboxylic acid groups (broad SMARTS) is 4. The third kappa shape index (κ3) is 33.6. The van der Waals surface area contributed by atoms with Crippen LogP contribution >= 0.6 is 0 Å². The van der Waals surface area contributed by atoms with Crippen molar-refractivity contribution in [3.05, 3.63) is 119 Å². The van der Waals surface area contributed by atoms with Crippen LogP contribution in [0.3, 0.4) is 0 Å². The molecule has 4 aromatic rings. The smallest absolute Gasteiger partial charge is 0.306 e. The van der Waals surface area contributed by atoms with Gasteiger partial charge in [0.1, 0.15) is 34.6 Å². The molecular weight excluding hydrogens is 1660 g/mol. The summed E-state index contributed by atoms with van der Waals surface area (Å²) in [5, 5.41) is 133. The lowest BCUT2D eigenvalue weighted by molar-refractivity contribution is -0.146. The van der Waals surface area contributed by atoms with Crippen molar-refractivity contribution in [2.45, 2.75) is 282 Å². The summed E-state index contributed by atoms with van der Waals surface area (Å²) in [6.07, 6.45) is 7.50. The third-order valence-corrected chi connectivity index (χ3v) is 25.9. The number of anilines is 2. The summed E-state index contributed by atoms with van der Waals surface area (Å²) in [6.45, 7) is 14.3. The Morgan fingerprint density at radius 3 is 0.664 bits per heavy atom. The first-order chi connectivity index (χ1) is 60.6. The maximum atomic E-state index is 11.6. The van der Waals surface area contributed by atoms with E-state index < -0.39 is 84.5 Å². The van der Waals surface area contributed by atoms with Gasteiger partial charge in [-0.2, -0.15) is 0 Å². The number of aliphatic hydroxyl groups excluding tert-OH is 8. The second-order valence-corrected chi connectivity index (χ2v) is 34.7. The fourth-order valence-corrected chi connectivity index (χ4v) is 20.4. The Balaban J connectivity index is 0.000000260. The van der Waals surface area contributed by atoms with E-state index in [4.69, 9.17) is 50.8 Å². The summed E-state index contributed by atoms with van der Waals surface area (Å²) in [5.74, 6) is -7.18. The molecule has 8 aliphatic rings. The van der Waals surface area contributed by atoms with Gasteiger partial charge in [0, 0.05) is 110 Å². The minimum Gasteiger partial charge on any atom is -0.508 e. The van der Waals surface area contributed by atoms with Gasteiger partial charge in [-0.25, -0.2) is 0 Å². The monoisotopic (exact) mass is 1800 g/mol. The number of nitrogens with two attached hydrogens (primary N) is 2. The van der Waals surface area contributed by atoms with Crippen LogP contribution in [0, 0.1) is 71.0 Å². The highest BCUT2D eigenvalue weighted by Gasteiger charge is 2.46. The van der Waals surface area contributed by atoms with Gasteiger partial charge in [-0.3, -0.25) is 57.5 Å². The molecule has 0 saturated heterocycles. The molecule has 0 aromatic heterocycles. The second-order valence-electron chi connectivity index (χ2n) is 34.7. The number of nitrogen functional groups attached to an aromatic ring is 2. The van der Waals surface area contributed by atoms with Gasteiger partial charge in [0.15, 0.2) is 0 Å². The van der Waals surface area contributed by atoms with Gasteiger partial charge in [-0.15, -0.1) is 0 Å². The molecule has 24 atom stereocenters. The number of aliphatic hydroxyl groups is 8. The first kappa shape index (κ1) is 109. The van der Waals surface area contributed by atoms with E-state index >= 15 is 0 Å². The van der Waals surface area contributed by atoms with Gasteiger partial charge in [-0.05, 0) is 252 Å². The molecule has 128 heavy (non-hydrogen) atoms. The predicted molar refractivity (Wildman–Crippen MR) is 469 cm³/mol. The molecule has 0 heterocycles. The molecule has 24 unspecified atom stereocenters. The van der Waals surface area contributed by atoms with Crippen molar-refractivity contribution in [2.24, 2.45) is 71.0 Å². The Morgan fingerprint density at radius 2 is 0.445 bits per heavy atom. The van der Waals surface area contributed by atoms with Crippen molar-refractivity contribution in [2.75, 3.05) is 37.9 Å². The molecule has 712 valence electrons. The number of phenols is 2. The average Bonchev–Trinajstić information content (AvgIpc) is 1.68. The normalized spacial score (nSPS) is 29.1. The Morgan fingerprint density at radius 1 is 0.266 bits per heavy atom. The fraction of sp³-hybridized carbons (Fsp3) is 0.625. The van der Waals surface area contributed by atoms with Gasteiger partial charge in [0.25, 0.3) is 0 Å². The lowest BCUT2D eigenvalue weighted by Crippen LogP contribution is -2.27. The van der Waals surface area contributed by atoms with Crippen LogP contribution in [0.4, 0.5) is 11.4 Å². The van der Waals surface area contributed by atoms with Crippen molar-refractivity contribution in [3.63, 3.8) is 0 Å². The molecule has 12 rings (SSSR count). The molecule has 18 N–H and O–H groups in total. The number of Topliss-reactive ketones (excluding diaryl/α,β-unsaturated/α-hetero) is 4. The van der Waals surface area contributed by atoms with Crippen LogP contribution in [-0.2, 0) is 76.5 Å². The van der Waals surface area contributed by atoms with E-state index in [0.717, 1.165) is 48.8 Å². The van der Waals surface area contributed by atoms with Gasteiger partial charge in [0.2, 0.25) is 0 Å². The summed E-state index contributed by atoms with van der Waals surface area (Å²) < 4.78 is 19.6. The molecule has 0 spiro atoms. The fourth-order valence-electron chi connectivity index (χ4n) is 20.4. The molecule has 4 aromatic carbocycles. The molecule has 0 bridgehead atoms. The van der Waals surface area contributed by atoms with Crippen molar-refractivity contribution in [1.82, 2.24) is 0 Å². The Hall–Kier alpha value is -9.80. The number of esters is 4. The maximum Gasteiger partial charge on any atom is 0.306 e. The van der Waals surface area contributed by atoms with Crippen LogP contribution in [0.15, 0.2) is 97.1 Å². The molecular formula is C96H138N2O30. The summed E-state index contributed by atoms with van der Waals surface area (Å²) >= 11 is 0. The standard InChI is InChI=1S/C15H21NO3.C15H20O4.C13H17NO3.C13H16O4.2C11H18O4.2C9H14O4/c2*1-2-19-14(18)9-10-7-8-13(17)15(10)11-5-3-4-6-12(11)16;2*14-10-4-2-1-3-9(10)13-8(7-12(16)17)5-6-11(13)15;2*1-3-15-10(14)6-8-4-5-9(13)11(8)7(2)12;2*1-5(10)9-6(4-8(12)13)2-3-7(9)11/h3-6,10,13,15,17H,2,7-9,16H2,1H3;3-6,10,13,15-17H,2,7-9H2,1H3;1-4,8,11,13,15H,5-7,14H2,(H,16,17);1-4,8,11,13-15H,5-7H2,(H,16,17);2*8-9,11,13H,3-6H2,1-2H3;2*6-7,9,11H,2-4H2,1H3,(H,12,13). The highest BCUT2D eigenvalue weighted by Crippen LogP contribution is 2.49. The van der Waals surface area contributed by atoms with Crippen LogP contribution in [0.25, 0.3) is 0 Å². The molecule has 8 aliphatic carbocycles. The van der Waals surface area contributed by atoms with E-state index in [2.05, 4.69) is 0 Å². The van der Waals surface area contributed by atoms with E-state index in [1.807, 2.05) is 54.6 Å². The maximum absolute atomic E-state index is 11.6. The van der Waals surface area contributed by atoms with Crippen LogP contribution in [0.2, 0.25) is 0 Å². The number of para-hydroxylation sites is 4. The Labute approximate surface area is 748 Å². The predicted octanol–water partition coefficient (Wildman–Crippen LogP) is 10.3. The number of carbonyl (C=O) groups excluding carboxylic acids is 8. The molecule has 8 fully saturated rings. The summed E-state index contributed by atoms with van der Waals surface area (Å²) in [5.41, 5.74) is 16.4. The number of carboxylic acids is 4. The van der Waals surface area contributed by atoms with Crippen molar-refractivity contribution in [3.8, 4) is 11.5 Å². The minimum absolute atomic E-state index is 0.0126. The molecule has 0 amide bonds. The average molecular weight is 1800 g/mol. The van der Waals surface area contributed by atoms with E-state index in [0.29, 0.717) is 127 Å². The van der Waals surface area contributed by atoms with Gasteiger partial charge in [-0.1, -0.05) is 72.8 Å². The Bertz CT molecular complexity index is 3970. The molecule has 0 radical (unpaired) electrons. The number of hydrogen-bond donors (Lipinski definition) is 16. The van der Waals surface area contributed by atoms with Crippen molar-refractivity contribution < 1.29 is 148 Å². The number of aliphatic carboxylic acids is 4. The zero-order valence-corrected chi connectivity index (χ0v) is 74.8. The summed E-state index contributed by atoms with van der Waals surface area (Å²) in [7, 11) is 0. The van der Waals surface area contributed by atoms with Crippen LogP contribution in [0.5, 0.6) is 11.5 Å². The van der Waals surface area contributed by atoms with Crippen LogP contribution in [-0.4, -0.2) is 218 Å². The first-order valence-electron chi connectivity index (χ1n) is 44.8. The highest BCUT2D eigenvalue weighted by molar-refractivity contribution is 5.83. The van der Waals surface area contributed by atoms with Crippen LogP contribution in [0.1, 0.15) is 255 Å². The highest BCUT2D eigenvalue weighted by atomic mass is 16.5. The lowest BCUT2D eigenvalue weighted by Gasteiger charge is -2.23. The molecule has 0 aliphatic heterocycles. The minimum atomic E-state index is -0.898. The van der Waals surface area contributed by atoms with Gasteiger partial charge < -0.3 is 102 Å². The second kappa shape index (κ2) is 54.6. The number of rotatable bonds is 28. The lowest BCUT2D eigenvalue weighted by atomic mass is 9.85. The number of ketones is 4. The number of aromatic hydroxyl groups is 2. The largest absolute Gasteiger partial charge is 0.508 e. The topological polar surface area (TPSA) is 577 Å². The summed E-state index contributed by atoms with van der Waals surface area (Å²) in [6, 6.07) is 28.8. The van der Waals surface area contributed by atoms with Gasteiger partial charge in [0.05, 0.1) is 75.3 Å².